The fourth-order valence-electron chi connectivity index (χ4n) is 2.28. The number of hydrogen-bond acceptors (Lipinski definition) is 3. The average molecular weight is 421 g/mol. The number of hydrogen-bond donors (Lipinski definition) is 2. The van der Waals surface area contributed by atoms with Crippen molar-refractivity contribution in [1.29, 1.82) is 0 Å². The van der Waals surface area contributed by atoms with Gasteiger partial charge in [-0.25, -0.2) is 8.42 Å². The first-order chi connectivity index (χ1) is 12.8. The van der Waals surface area contributed by atoms with Gasteiger partial charge in [-0.1, -0.05) is 29.3 Å². The molecule has 0 aliphatic carbocycles. The molecule has 0 unspecified atom stereocenters. The molecule has 3 aromatic carbocycles. The van der Waals surface area contributed by atoms with Crippen LogP contribution in [0.5, 0.6) is 0 Å². The normalized spacial score (nSPS) is 11.0. The summed E-state index contributed by atoms with van der Waals surface area (Å²) in [5, 5.41) is 3.66. The molecule has 0 aliphatic heterocycles. The van der Waals surface area contributed by atoms with Gasteiger partial charge in [0.15, 0.2) is 0 Å². The molecule has 27 heavy (non-hydrogen) atoms. The van der Waals surface area contributed by atoms with Crippen LogP contribution in [0.1, 0.15) is 10.4 Å². The van der Waals surface area contributed by atoms with Crippen molar-refractivity contribution >= 4 is 50.5 Å². The van der Waals surface area contributed by atoms with E-state index in [0.717, 1.165) is 0 Å². The molecule has 138 valence electrons. The molecule has 0 aliphatic rings. The van der Waals surface area contributed by atoms with E-state index in [1.54, 1.807) is 48.5 Å². The number of carbonyl (C=O) groups excluding carboxylic acids is 1. The van der Waals surface area contributed by atoms with Crippen LogP contribution in [0.3, 0.4) is 0 Å². The van der Waals surface area contributed by atoms with Gasteiger partial charge >= 0.3 is 0 Å². The maximum atomic E-state index is 12.4. The minimum atomic E-state index is -3.75. The molecule has 0 bridgehead atoms. The Morgan fingerprint density at radius 1 is 0.778 bits per heavy atom. The van der Waals surface area contributed by atoms with E-state index in [-0.39, 0.29) is 10.8 Å². The second-order valence-electron chi connectivity index (χ2n) is 5.60. The van der Waals surface area contributed by atoms with Crippen LogP contribution in [-0.4, -0.2) is 14.3 Å². The Labute approximate surface area is 167 Å². The Balaban J connectivity index is 1.72. The third-order valence-corrected chi connectivity index (χ3v) is 5.49. The molecule has 0 saturated heterocycles. The molecule has 3 rings (SSSR count). The lowest BCUT2D eigenvalue weighted by atomic mass is 10.2. The maximum Gasteiger partial charge on any atom is 0.261 e. The van der Waals surface area contributed by atoms with E-state index >= 15 is 0 Å². The molecule has 8 heteroatoms. The first-order valence-electron chi connectivity index (χ1n) is 7.79. The molecular weight excluding hydrogens is 407 g/mol. The fourth-order valence-corrected chi connectivity index (χ4v) is 3.66. The SMILES string of the molecule is O=C(Nc1ccc(S(=O)(=O)Nc2ccc(Cl)cc2)cc1)c1cccc(Cl)c1. The quantitative estimate of drug-likeness (QED) is 0.606. The van der Waals surface area contributed by atoms with E-state index in [9.17, 15) is 13.2 Å². The first-order valence-corrected chi connectivity index (χ1v) is 10.0. The molecule has 5 nitrogen and oxygen atoms in total. The predicted octanol–water partition coefficient (Wildman–Crippen LogP) is 5.05. The number of carbonyl (C=O) groups is 1. The largest absolute Gasteiger partial charge is 0.322 e. The smallest absolute Gasteiger partial charge is 0.261 e. The van der Waals surface area contributed by atoms with E-state index < -0.39 is 10.0 Å². The molecule has 0 spiro atoms. The summed E-state index contributed by atoms with van der Waals surface area (Å²) in [7, 11) is -3.75. The van der Waals surface area contributed by atoms with Gasteiger partial charge in [0.1, 0.15) is 0 Å². The summed E-state index contributed by atoms with van der Waals surface area (Å²) in [4.78, 5) is 12.3. The van der Waals surface area contributed by atoms with E-state index in [2.05, 4.69) is 10.0 Å². The minimum absolute atomic E-state index is 0.0678. The van der Waals surface area contributed by atoms with Crippen LogP contribution in [0.15, 0.2) is 77.7 Å². The number of sulfonamides is 1. The molecule has 1 amide bonds. The van der Waals surface area contributed by atoms with E-state index in [0.29, 0.717) is 27.0 Å². The predicted molar refractivity (Wildman–Crippen MR) is 108 cm³/mol. The average Bonchev–Trinajstić information content (AvgIpc) is 2.64. The van der Waals surface area contributed by atoms with Crippen molar-refractivity contribution in [1.82, 2.24) is 0 Å². The van der Waals surface area contributed by atoms with Gasteiger partial charge in [-0.3, -0.25) is 9.52 Å². The topological polar surface area (TPSA) is 75.3 Å². The summed E-state index contributed by atoms with van der Waals surface area (Å²) in [6, 6.07) is 18.7. The van der Waals surface area contributed by atoms with E-state index in [4.69, 9.17) is 23.2 Å². The molecular formula is C19H14Cl2N2O3S. The standard InChI is InChI=1S/C19H14Cl2N2O3S/c20-14-4-6-17(7-5-14)23-27(25,26)18-10-8-16(9-11-18)22-19(24)13-2-1-3-15(21)12-13/h1-12,23H,(H,22,24). The van der Waals surface area contributed by atoms with Crippen LogP contribution < -0.4 is 10.0 Å². The Bertz CT molecular complexity index is 1070. The zero-order valence-corrected chi connectivity index (χ0v) is 16.1. The zero-order chi connectivity index (χ0) is 19.4. The van der Waals surface area contributed by atoms with Gasteiger partial charge in [-0.2, -0.15) is 0 Å². The number of nitrogens with one attached hydrogen (secondary N) is 2. The Morgan fingerprint density at radius 3 is 2.04 bits per heavy atom. The third kappa shape index (κ3) is 5.01. The molecule has 3 aromatic rings. The van der Waals surface area contributed by atoms with E-state index in [1.807, 2.05) is 0 Å². The van der Waals surface area contributed by atoms with Crippen LogP contribution in [0.25, 0.3) is 0 Å². The molecule has 0 atom stereocenters. The van der Waals surface area contributed by atoms with Gasteiger partial charge in [0.25, 0.3) is 15.9 Å². The summed E-state index contributed by atoms with van der Waals surface area (Å²) in [6.07, 6.45) is 0. The highest BCUT2D eigenvalue weighted by molar-refractivity contribution is 7.92. The molecule has 0 fully saturated rings. The monoisotopic (exact) mass is 420 g/mol. The lowest BCUT2D eigenvalue weighted by molar-refractivity contribution is 0.102. The number of anilines is 2. The van der Waals surface area contributed by atoms with Crippen molar-refractivity contribution < 1.29 is 13.2 Å². The van der Waals surface area contributed by atoms with Gasteiger partial charge in [0.05, 0.1) is 4.90 Å². The number of amides is 1. The zero-order valence-electron chi connectivity index (χ0n) is 13.8. The Morgan fingerprint density at radius 2 is 1.41 bits per heavy atom. The molecule has 2 N–H and O–H groups in total. The third-order valence-electron chi connectivity index (χ3n) is 3.61. The summed E-state index contributed by atoms with van der Waals surface area (Å²) in [6.45, 7) is 0. The van der Waals surface area contributed by atoms with Crippen LogP contribution in [-0.2, 0) is 10.0 Å². The Hall–Kier alpha value is -2.54. The van der Waals surface area contributed by atoms with Crippen molar-refractivity contribution in [3.8, 4) is 0 Å². The second-order valence-corrected chi connectivity index (χ2v) is 8.16. The summed E-state index contributed by atoms with van der Waals surface area (Å²) >= 11 is 11.7. The second kappa shape index (κ2) is 8.00. The Kier molecular flexibility index (Phi) is 5.70. The molecule has 0 heterocycles. The highest BCUT2D eigenvalue weighted by Gasteiger charge is 2.14. The van der Waals surface area contributed by atoms with Gasteiger partial charge in [0, 0.05) is 27.0 Å². The van der Waals surface area contributed by atoms with Crippen molar-refractivity contribution in [2.24, 2.45) is 0 Å². The minimum Gasteiger partial charge on any atom is -0.322 e. The van der Waals surface area contributed by atoms with E-state index in [1.165, 1.54) is 24.3 Å². The van der Waals surface area contributed by atoms with Crippen LogP contribution >= 0.6 is 23.2 Å². The van der Waals surface area contributed by atoms with Gasteiger partial charge in [-0.15, -0.1) is 0 Å². The fraction of sp³-hybridized carbons (Fsp3) is 0. The summed E-state index contributed by atoms with van der Waals surface area (Å²) in [5.41, 5.74) is 1.27. The van der Waals surface area contributed by atoms with Crippen LogP contribution in [0.4, 0.5) is 11.4 Å². The summed E-state index contributed by atoms with van der Waals surface area (Å²) < 4.78 is 27.3. The number of rotatable bonds is 5. The molecule has 0 aromatic heterocycles. The number of halogens is 2. The summed E-state index contributed by atoms with van der Waals surface area (Å²) in [5.74, 6) is -0.340. The van der Waals surface area contributed by atoms with Crippen molar-refractivity contribution in [3.63, 3.8) is 0 Å². The van der Waals surface area contributed by atoms with Gasteiger partial charge in [-0.05, 0) is 66.7 Å². The lowest BCUT2D eigenvalue weighted by Crippen LogP contribution is -2.14. The number of benzene rings is 3. The van der Waals surface area contributed by atoms with Gasteiger partial charge in [0.2, 0.25) is 0 Å². The highest BCUT2D eigenvalue weighted by Crippen LogP contribution is 2.20. The highest BCUT2D eigenvalue weighted by atomic mass is 35.5. The molecule has 0 saturated carbocycles. The first kappa shape index (κ1) is 19.2. The lowest BCUT2D eigenvalue weighted by Gasteiger charge is -2.10. The van der Waals surface area contributed by atoms with Crippen LogP contribution in [0, 0.1) is 0 Å². The van der Waals surface area contributed by atoms with Gasteiger partial charge < -0.3 is 5.32 Å². The van der Waals surface area contributed by atoms with Crippen molar-refractivity contribution in [2.45, 2.75) is 4.90 Å². The van der Waals surface area contributed by atoms with Crippen molar-refractivity contribution in [2.75, 3.05) is 10.0 Å². The molecule has 0 radical (unpaired) electrons. The van der Waals surface area contributed by atoms with Crippen LogP contribution in [0.2, 0.25) is 10.0 Å². The van der Waals surface area contributed by atoms with Crippen molar-refractivity contribution in [3.05, 3.63) is 88.4 Å². The maximum absolute atomic E-state index is 12.4.